The van der Waals surface area contributed by atoms with E-state index in [0.29, 0.717) is 19.3 Å². The lowest BCUT2D eigenvalue weighted by molar-refractivity contribution is -0.167. The van der Waals surface area contributed by atoms with Crippen LogP contribution in [0.25, 0.3) is 0 Å². The first-order valence-electron chi connectivity index (χ1n) is 31.9. The highest BCUT2D eigenvalue weighted by Crippen LogP contribution is 2.16. The molecule has 76 heavy (non-hydrogen) atoms. The van der Waals surface area contributed by atoms with E-state index in [1.165, 1.54) is 122 Å². The van der Waals surface area contributed by atoms with Crippen LogP contribution in [0.1, 0.15) is 297 Å². The summed E-state index contributed by atoms with van der Waals surface area (Å²) in [6.07, 6.45) is 86.8. The number of rotatable bonds is 57. The van der Waals surface area contributed by atoms with Crippen LogP contribution in [0.5, 0.6) is 0 Å². The Morgan fingerprint density at radius 3 is 0.868 bits per heavy atom. The number of hydrogen-bond acceptors (Lipinski definition) is 6. The molecule has 0 radical (unpaired) electrons. The Bertz CT molecular complexity index is 1540. The van der Waals surface area contributed by atoms with Crippen molar-refractivity contribution >= 4 is 17.9 Å². The Hall–Kier alpha value is -3.93. The first kappa shape index (κ1) is 72.1. The third-order valence-corrected chi connectivity index (χ3v) is 13.5. The minimum absolute atomic E-state index is 0.0855. The molecule has 0 aliphatic heterocycles. The van der Waals surface area contributed by atoms with Gasteiger partial charge < -0.3 is 14.2 Å². The van der Waals surface area contributed by atoms with Crippen LogP contribution in [0.3, 0.4) is 0 Å². The summed E-state index contributed by atoms with van der Waals surface area (Å²) in [5.74, 6) is -0.906. The average molecular weight is 1060 g/mol. The van der Waals surface area contributed by atoms with E-state index in [4.69, 9.17) is 14.2 Å². The lowest BCUT2D eigenvalue weighted by Gasteiger charge is -2.18. The Labute approximate surface area is 470 Å². The summed E-state index contributed by atoms with van der Waals surface area (Å²) in [7, 11) is 0. The van der Waals surface area contributed by atoms with Crippen molar-refractivity contribution in [2.75, 3.05) is 13.2 Å². The molecular formula is C70H118O6. The van der Waals surface area contributed by atoms with Gasteiger partial charge in [0.05, 0.1) is 0 Å². The van der Waals surface area contributed by atoms with Crippen LogP contribution in [0.15, 0.2) is 109 Å². The van der Waals surface area contributed by atoms with Crippen molar-refractivity contribution < 1.29 is 28.6 Å². The third-order valence-electron chi connectivity index (χ3n) is 13.5. The molecule has 0 heterocycles. The fourth-order valence-corrected chi connectivity index (χ4v) is 8.71. The maximum Gasteiger partial charge on any atom is 0.306 e. The molecule has 0 aromatic carbocycles. The number of carbonyl (C=O) groups excluding carboxylic acids is 3. The monoisotopic (exact) mass is 1050 g/mol. The Kier molecular flexibility index (Phi) is 60.3. The van der Waals surface area contributed by atoms with Crippen molar-refractivity contribution in [3.63, 3.8) is 0 Å². The zero-order valence-electron chi connectivity index (χ0n) is 49.7. The van der Waals surface area contributed by atoms with Gasteiger partial charge in [0.25, 0.3) is 0 Å². The molecule has 0 fully saturated rings. The Morgan fingerprint density at radius 1 is 0.276 bits per heavy atom. The molecule has 6 nitrogen and oxygen atoms in total. The molecule has 1 atom stereocenters. The van der Waals surface area contributed by atoms with Gasteiger partial charge in [-0.1, -0.05) is 265 Å². The molecule has 0 amide bonds. The van der Waals surface area contributed by atoms with E-state index in [9.17, 15) is 14.4 Å². The van der Waals surface area contributed by atoms with Crippen molar-refractivity contribution in [1.29, 1.82) is 0 Å². The average Bonchev–Trinajstić information content (AvgIpc) is 3.42. The number of ether oxygens (including phenoxy) is 3. The molecule has 0 spiro atoms. The summed E-state index contributed by atoms with van der Waals surface area (Å²) >= 11 is 0. The minimum atomic E-state index is -0.788. The van der Waals surface area contributed by atoms with Gasteiger partial charge in [0.1, 0.15) is 13.2 Å². The molecule has 0 aromatic heterocycles. The molecule has 0 saturated carbocycles. The summed E-state index contributed by atoms with van der Waals surface area (Å²) in [5, 5.41) is 0. The van der Waals surface area contributed by atoms with Crippen LogP contribution in [0, 0.1) is 0 Å². The molecule has 0 aromatic rings. The van der Waals surface area contributed by atoms with E-state index in [1.807, 2.05) is 0 Å². The van der Waals surface area contributed by atoms with Crippen LogP contribution in [0.2, 0.25) is 0 Å². The lowest BCUT2D eigenvalue weighted by atomic mass is 10.0. The number of allylic oxidation sites excluding steroid dienone is 18. The van der Waals surface area contributed by atoms with Crippen molar-refractivity contribution in [1.82, 2.24) is 0 Å². The van der Waals surface area contributed by atoms with Gasteiger partial charge in [-0.25, -0.2) is 0 Å². The standard InChI is InChI=1S/C70H118O6/c1-4-7-10-13-16-19-22-24-26-27-28-29-30-31-32-33-34-35-36-37-38-39-40-41-42-43-45-46-48-51-54-57-60-63-69(72)75-66-67(65-74-68(71)62-59-56-53-50-21-18-15-12-9-6-3)76-70(73)64-61-58-55-52-49-47-44-25-23-20-17-14-11-8-5-2/h7,10,12,15-17,19-20,24-26,28-29,31-32,34-35,44,67H,4-6,8-9,11,13-14,18,21-23,27,30,33,36-43,45-66H2,1-3H3/b10-7-,15-12-,19-16-,20-17-,26-24-,29-28-,32-31-,35-34-,44-25-. The molecule has 0 aliphatic carbocycles. The topological polar surface area (TPSA) is 78.9 Å². The van der Waals surface area contributed by atoms with Crippen molar-refractivity contribution in [3.05, 3.63) is 109 Å². The van der Waals surface area contributed by atoms with Gasteiger partial charge in [0.15, 0.2) is 6.10 Å². The van der Waals surface area contributed by atoms with E-state index < -0.39 is 6.10 Å². The maximum absolute atomic E-state index is 12.8. The van der Waals surface area contributed by atoms with Crippen LogP contribution in [-0.4, -0.2) is 37.2 Å². The zero-order valence-corrected chi connectivity index (χ0v) is 49.7. The van der Waals surface area contributed by atoms with Gasteiger partial charge in [-0.3, -0.25) is 14.4 Å². The number of unbranched alkanes of at least 4 members (excludes halogenated alkanes) is 28. The second-order valence-corrected chi connectivity index (χ2v) is 20.9. The number of esters is 3. The molecule has 1 unspecified atom stereocenters. The van der Waals surface area contributed by atoms with Crippen molar-refractivity contribution in [3.8, 4) is 0 Å². The SMILES string of the molecule is CC/C=C\C/C=C\C/C=C\C/C=C\C/C=C\C/C=C\CCCCCCCCCCCCCCCCC(=O)OCC(COC(=O)CCCCCCC/C=C\CCC)OC(=O)CCCCCCC/C=C\C/C=C\CCCCC. The predicted molar refractivity (Wildman–Crippen MR) is 330 cm³/mol. The van der Waals surface area contributed by atoms with Gasteiger partial charge in [0, 0.05) is 19.3 Å². The number of hydrogen-bond donors (Lipinski definition) is 0. The van der Waals surface area contributed by atoms with E-state index in [0.717, 1.165) is 135 Å². The highest BCUT2D eigenvalue weighted by atomic mass is 16.6. The van der Waals surface area contributed by atoms with Crippen LogP contribution < -0.4 is 0 Å². The van der Waals surface area contributed by atoms with Gasteiger partial charge in [0.2, 0.25) is 0 Å². The summed E-state index contributed by atoms with van der Waals surface area (Å²) in [6, 6.07) is 0. The summed E-state index contributed by atoms with van der Waals surface area (Å²) in [5.41, 5.74) is 0. The van der Waals surface area contributed by atoms with E-state index in [2.05, 4.69) is 130 Å². The van der Waals surface area contributed by atoms with Gasteiger partial charge in [-0.15, -0.1) is 0 Å². The van der Waals surface area contributed by atoms with Crippen molar-refractivity contribution in [2.24, 2.45) is 0 Å². The molecule has 0 N–H and O–H groups in total. The zero-order chi connectivity index (χ0) is 55.0. The minimum Gasteiger partial charge on any atom is -0.462 e. The first-order valence-corrected chi connectivity index (χ1v) is 31.9. The number of carbonyl (C=O) groups is 3. The molecular weight excluding hydrogens is 937 g/mol. The van der Waals surface area contributed by atoms with Crippen LogP contribution in [0.4, 0.5) is 0 Å². The second kappa shape index (κ2) is 63.6. The molecule has 6 heteroatoms. The van der Waals surface area contributed by atoms with Crippen LogP contribution in [-0.2, 0) is 28.6 Å². The smallest absolute Gasteiger partial charge is 0.306 e. The van der Waals surface area contributed by atoms with Gasteiger partial charge in [-0.05, 0) is 122 Å². The summed E-state index contributed by atoms with van der Waals surface area (Å²) in [4.78, 5) is 38.1. The van der Waals surface area contributed by atoms with Crippen molar-refractivity contribution in [2.45, 2.75) is 303 Å². The quantitative estimate of drug-likeness (QED) is 0.0261. The maximum atomic E-state index is 12.8. The normalized spacial score (nSPS) is 12.8. The molecule has 0 bridgehead atoms. The van der Waals surface area contributed by atoms with E-state index in [-0.39, 0.29) is 31.1 Å². The van der Waals surface area contributed by atoms with Gasteiger partial charge in [-0.2, -0.15) is 0 Å². The summed E-state index contributed by atoms with van der Waals surface area (Å²) in [6.45, 7) is 6.43. The Balaban J connectivity index is 4.14. The fraction of sp³-hybridized carbons (Fsp3) is 0.700. The molecule has 434 valence electrons. The first-order chi connectivity index (χ1) is 37.5. The largest absolute Gasteiger partial charge is 0.462 e. The third kappa shape index (κ3) is 60.9. The second-order valence-electron chi connectivity index (χ2n) is 20.9. The summed E-state index contributed by atoms with van der Waals surface area (Å²) < 4.78 is 16.8. The molecule has 0 rings (SSSR count). The predicted octanol–water partition coefficient (Wildman–Crippen LogP) is 21.8. The van der Waals surface area contributed by atoms with E-state index in [1.54, 1.807) is 0 Å². The molecule has 0 saturated heterocycles. The molecule has 0 aliphatic rings. The highest BCUT2D eigenvalue weighted by molar-refractivity contribution is 5.71. The van der Waals surface area contributed by atoms with Gasteiger partial charge >= 0.3 is 17.9 Å². The van der Waals surface area contributed by atoms with Crippen LogP contribution >= 0.6 is 0 Å². The lowest BCUT2D eigenvalue weighted by Crippen LogP contribution is -2.30. The fourth-order valence-electron chi connectivity index (χ4n) is 8.71. The highest BCUT2D eigenvalue weighted by Gasteiger charge is 2.19. The Morgan fingerprint density at radius 2 is 0.539 bits per heavy atom. The van der Waals surface area contributed by atoms with E-state index >= 15 is 0 Å².